The molecule has 9 nitrogen and oxygen atoms in total. The second-order valence-corrected chi connectivity index (χ2v) is 5.98. The minimum Gasteiger partial charge on any atom is -0.490 e. The van der Waals surface area contributed by atoms with Gasteiger partial charge in [-0.15, -0.1) is 0 Å². The van der Waals surface area contributed by atoms with Gasteiger partial charge in [-0.2, -0.15) is 0 Å². The number of carbonyl (C=O) groups is 2. The van der Waals surface area contributed by atoms with Crippen molar-refractivity contribution in [2.75, 3.05) is 13.7 Å². The van der Waals surface area contributed by atoms with Gasteiger partial charge in [-0.05, 0) is 18.4 Å². The number of aliphatic hydroxyl groups excluding tert-OH is 2. The normalized spacial score (nSPS) is 15.1. The highest BCUT2D eigenvalue weighted by Crippen LogP contribution is 2.15. The first kappa shape index (κ1) is 22.3. The van der Waals surface area contributed by atoms with Gasteiger partial charge in [-0.1, -0.05) is 13.8 Å². The van der Waals surface area contributed by atoms with Crippen LogP contribution in [0.2, 0.25) is 0 Å². The number of hydrogen-bond acceptors (Lipinski definition) is 7. The van der Waals surface area contributed by atoms with Crippen molar-refractivity contribution in [3.63, 3.8) is 0 Å². The molecule has 1 amide bonds. The lowest BCUT2D eigenvalue weighted by Gasteiger charge is -2.28. The number of carbonyl (C=O) groups excluding carboxylic acids is 1. The van der Waals surface area contributed by atoms with E-state index < -0.39 is 48.6 Å². The minimum atomic E-state index is -2.54. The summed E-state index contributed by atoms with van der Waals surface area (Å²) in [6.07, 6.45) is -0.589. The van der Waals surface area contributed by atoms with Crippen molar-refractivity contribution in [2.45, 2.75) is 51.0 Å². The van der Waals surface area contributed by atoms with Crippen molar-refractivity contribution in [1.29, 1.82) is 0 Å². The molecule has 6 N–H and O–H groups in total. The van der Waals surface area contributed by atoms with E-state index in [4.69, 9.17) is 10.2 Å². The summed E-state index contributed by atoms with van der Waals surface area (Å²) in [4.78, 5) is 22.8. The van der Waals surface area contributed by atoms with Crippen LogP contribution in [-0.4, -0.2) is 69.1 Å². The molecule has 0 aliphatic carbocycles. The Kier molecular flexibility index (Phi) is 9.52. The molecular formula is C15H27NO8. The van der Waals surface area contributed by atoms with Crippen molar-refractivity contribution in [3.05, 3.63) is 11.8 Å². The van der Waals surface area contributed by atoms with Crippen LogP contribution in [0, 0.1) is 5.92 Å². The molecule has 24 heavy (non-hydrogen) atoms. The molecule has 0 aromatic carbocycles. The minimum absolute atomic E-state index is 0.156. The monoisotopic (exact) mass is 349 g/mol. The molecule has 0 rings (SSSR count). The third kappa shape index (κ3) is 8.82. The Bertz CT molecular complexity index is 447. The van der Waals surface area contributed by atoms with Gasteiger partial charge in [0.25, 0.3) is 0 Å². The molecule has 0 aromatic heterocycles. The number of nitrogens with one attached hydrogen (secondary N) is 1. The fourth-order valence-electron chi connectivity index (χ4n) is 1.87. The van der Waals surface area contributed by atoms with E-state index in [9.17, 15) is 24.9 Å². The van der Waals surface area contributed by atoms with Gasteiger partial charge in [0, 0.05) is 12.8 Å². The molecule has 0 aliphatic rings. The molecule has 0 bridgehead atoms. The van der Waals surface area contributed by atoms with Crippen LogP contribution in [0.5, 0.6) is 0 Å². The number of rotatable bonds is 11. The molecule has 0 radical (unpaired) electrons. The van der Waals surface area contributed by atoms with Gasteiger partial charge in [0.2, 0.25) is 11.7 Å². The van der Waals surface area contributed by atoms with Crippen LogP contribution in [0.25, 0.3) is 0 Å². The van der Waals surface area contributed by atoms with Crippen LogP contribution in [0.1, 0.15) is 33.1 Å². The van der Waals surface area contributed by atoms with Gasteiger partial charge in [0.05, 0.1) is 25.9 Å². The number of amides is 1. The summed E-state index contributed by atoms with van der Waals surface area (Å²) in [5.41, 5.74) is 0. The molecule has 1 unspecified atom stereocenters. The highest BCUT2D eigenvalue weighted by Gasteiger charge is 2.32. The first-order valence-corrected chi connectivity index (χ1v) is 7.54. The molecule has 0 saturated heterocycles. The molecule has 0 aromatic rings. The van der Waals surface area contributed by atoms with Gasteiger partial charge in [0.15, 0.2) is 5.79 Å². The van der Waals surface area contributed by atoms with Crippen molar-refractivity contribution < 1.29 is 39.9 Å². The number of aliphatic hydroxyl groups is 4. The predicted octanol–water partition coefficient (Wildman–Crippen LogP) is -1.05. The predicted molar refractivity (Wildman–Crippen MR) is 83.6 cm³/mol. The van der Waals surface area contributed by atoms with Gasteiger partial charge in [0.1, 0.15) is 0 Å². The van der Waals surface area contributed by atoms with E-state index in [1.807, 2.05) is 13.8 Å². The summed E-state index contributed by atoms with van der Waals surface area (Å²) in [6.45, 7) is 2.84. The Morgan fingerprint density at radius 3 is 2.29 bits per heavy atom. The molecule has 2 atom stereocenters. The summed E-state index contributed by atoms with van der Waals surface area (Å²) < 4.78 is 4.59. The standard InChI is InChI=1S/C15H27NO8/c1-9(2)4-5-13(19)16-10(7-15(22,23)8-17)11(18)6-12(24-3)14(20)21/h6,9-11,17-18,22-23H,4-5,7-8H2,1-3H3,(H,16,19)(H,20,21)/b12-6-/t10-,11?/m0/s1. The molecule has 0 heterocycles. The topological polar surface area (TPSA) is 157 Å². The molecule has 0 spiro atoms. The molecule has 0 saturated carbocycles. The SMILES string of the molecule is CO/C(=C\C(O)[C@H](CC(O)(O)CO)NC(=O)CCC(C)C)C(=O)O. The van der Waals surface area contributed by atoms with Crippen LogP contribution in [0.4, 0.5) is 0 Å². The van der Waals surface area contributed by atoms with Crippen molar-refractivity contribution in [2.24, 2.45) is 5.92 Å². The average Bonchev–Trinajstić information content (AvgIpc) is 2.49. The van der Waals surface area contributed by atoms with E-state index in [-0.39, 0.29) is 12.3 Å². The Hall–Kier alpha value is -1.68. The Morgan fingerprint density at radius 2 is 1.88 bits per heavy atom. The Balaban J connectivity index is 5.17. The molecule has 140 valence electrons. The van der Waals surface area contributed by atoms with Gasteiger partial charge < -0.3 is 35.6 Å². The summed E-state index contributed by atoms with van der Waals surface area (Å²) in [6, 6.07) is -1.23. The fraction of sp³-hybridized carbons (Fsp3) is 0.733. The van der Waals surface area contributed by atoms with Crippen LogP contribution in [0.15, 0.2) is 11.8 Å². The summed E-state index contributed by atoms with van der Waals surface area (Å²) in [5.74, 6) is -4.69. The van der Waals surface area contributed by atoms with Gasteiger partial charge >= 0.3 is 5.97 Å². The number of carboxylic acid groups (broad SMARTS) is 1. The van der Waals surface area contributed by atoms with Gasteiger partial charge in [-0.25, -0.2) is 4.79 Å². The first-order valence-electron chi connectivity index (χ1n) is 7.54. The molecule has 0 aliphatic heterocycles. The van der Waals surface area contributed by atoms with Crippen LogP contribution in [-0.2, 0) is 14.3 Å². The lowest BCUT2D eigenvalue weighted by molar-refractivity contribution is -0.197. The lowest BCUT2D eigenvalue weighted by Crippen LogP contribution is -2.49. The largest absolute Gasteiger partial charge is 0.490 e. The second kappa shape index (κ2) is 10.2. The van der Waals surface area contributed by atoms with Crippen molar-refractivity contribution in [3.8, 4) is 0 Å². The third-order valence-electron chi connectivity index (χ3n) is 3.26. The Labute approximate surface area is 140 Å². The van der Waals surface area contributed by atoms with Crippen LogP contribution < -0.4 is 5.32 Å². The van der Waals surface area contributed by atoms with E-state index in [2.05, 4.69) is 10.1 Å². The van der Waals surface area contributed by atoms with E-state index in [0.29, 0.717) is 6.42 Å². The van der Waals surface area contributed by atoms with Crippen molar-refractivity contribution >= 4 is 11.9 Å². The van der Waals surface area contributed by atoms with Crippen LogP contribution >= 0.6 is 0 Å². The number of hydrogen-bond donors (Lipinski definition) is 6. The highest BCUT2D eigenvalue weighted by atomic mass is 16.5. The van der Waals surface area contributed by atoms with Crippen LogP contribution in [0.3, 0.4) is 0 Å². The van der Waals surface area contributed by atoms with Gasteiger partial charge in [-0.3, -0.25) is 4.79 Å². The quantitative estimate of drug-likeness (QED) is 0.157. The maximum absolute atomic E-state index is 11.9. The zero-order chi connectivity index (χ0) is 18.9. The van der Waals surface area contributed by atoms with E-state index in [1.54, 1.807) is 0 Å². The third-order valence-corrected chi connectivity index (χ3v) is 3.26. The zero-order valence-electron chi connectivity index (χ0n) is 14.1. The smallest absolute Gasteiger partial charge is 0.370 e. The summed E-state index contributed by atoms with van der Waals surface area (Å²) in [7, 11) is 1.10. The number of methoxy groups -OCH3 is 1. The maximum atomic E-state index is 11.9. The number of ether oxygens (including phenoxy) is 1. The molecular weight excluding hydrogens is 322 g/mol. The number of carboxylic acids is 1. The summed E-state index contributed by atoms with van der Waals surface area (Å²) in [5, 5.41) is 49.4. The Morgan fingerprint density at radius 1 is 1.29 bits per heavy atom. The molecule has 0 fully saturated rings. The maximum Gasteiger partial charge on any atom is 0.370 e. The average molecular weight is 349 g/mol. The first-order chi connectivity index (χ1) is 11.0. The lowest BCUT2D eigenvalue weighted by atomic mass is 9.99. The van der Waals surface area contributed by atoms with Crippen molar-refractivity contribution in [1.82, 2.24) is 5.32 Å². The summed E-state index contributed by atoms with van der Waals surface area (Å²) >= 11 is 0. The number of aliphatic carboxylic acids is 1. The second-order valence-electron chi connectivity index (χ2n) is 5.98. The van der Waals surface area contributed by atoms with E-state index in [0.717, 1.165) is 13.2 Å². The van der Waals surface area contributed by atoms with E-state index in [1.165, 1.54) is 0 Å². The van der Waals surface area contributed by atoms with E-state index >= 15 is 0 Å². The highest BCUT2D eigenvalue weighted by molar-refractivity contribution is 5.84. The molecule has 9 heteroatoms. The fourth-order valence-corrected chi connectivity index (χ4v) is 1.87. The zero-order valence-corrected chi connectivity index (χ0v) is 14.1.